The Morgan fingerprint density at radius 2 is 1.64 bits per heavy atom. The summed E-state index contributed by atoms with van der Waals surface area (Å²) in [6.07, 6.45) is -0.846. The first-order valence-electron chi connectivity index (χ1n) is 10.1. The number of aliphatic hydroxyl groups is 1. The van der Waals surface area contributed by atoms with Gasteiger partial charge in [0.05, 0.1) is 25.2 Å². The van der Waals surface area contributed by atoms with Crippen molar-refractivity contribution in [3.8, 4) is 0 Å². The van der Waals surface area contributed by atoms with Crippen LogP contribution in [0.3, 0.4) is 0 Å². The number of anilines is 1. The number of hydrogen-bond acceptors (Lipinski definition) is 6. The Hall–Kier alpha value is -3.50. The van der Waals surface area contributed by atoms with Gasteiger partial charge in [0.15, 0.2) is 6.04 Å². The maximum Gasteiger partial charge on any atom is 0.408 e. The van der Waals surface area contributed by atoms with E-state index in [1.165, 1.54) is 38.1 Å². The van der Waals surface area contributed by atoms with Crippen molar-refractivity contribution in [3.63, 3.8) is 0 Å². The molecule has 0 fully saturated rings. The molecule has 0 aliphatic heterocycles. The summed E-state index contributed by atoms with van der Waals surface area (Å²) < 4.78 is 23.1. The summed E-state index contributed by atoms with van der Waals surface area (Å²) in [7, 11) is 0. The zero-order valence-electron chi connectivity index (χ0n) is 18.3. The highest BCUT2D eigenvalue weighted by molar-refractivity contribution is 5.92. The maximum absolute atomic E-state index is 12.9. The molecule has 0 aliphatic rings. The Balaban J connectivity index is 1.77. The second-order valence-electron chi connectivity index (χ2n) is 7.99. The van der Waals surface area contributed by atoms with Gasteiger partial charge in [0, 0.05) is 5.69 Å². The molecule has 0 heterocycles. The first kappa shape index (κ1) is 25.8. The molecule has 2 rings (SSSR count). The van der Waals surface area contributed by atoms with E-state index in [1.807, 2.05) is 0 Å². The Bertz CT molecular complexity index is 941. The molecule has 0 radical (unpaired) electrons. The van der Waals surface area contributed by atoms with Gasteiger partial charge < -0.3 is 30.3 Å². The quantitative estimate of drug-likeness (QED) is 0.403. The van der Waals surface area contributed by atoms with E-state index in [0.717, 1.165) is 0 Å². The number of amides is 2. The van der Waals surface area contributed by atoms with Crippen molar-refractivity contribution in [1.82, 2.24) is 5.32 Å². The highest BCUT2D eigenvalue weighted by Gasteiger charge is 2.22. The molecule has 4 N–H and O–H groups in total. The van der Waals surface area contributed by atoms with Crippen LogP contribution in [0.25, 0.3) is 0 Å². The second-order valence-corrected chi connectivity index (χ2v) is 7.99. The zero-order chi connectivity index (χ0) is 24.4. The van der Waals surface area contributed by atoms with Crippen molar-refractivity contribution in [2.45, 2.75) is 38.5 Å². The molecule has 2 aromatic carbocycles. The van der Waals surface area contributed by atoms with Gasteiger partial charge in [0.1, 0.15) is 12.4 Å². The van der Waals surface area contributed by atoms with E-state index in [9.17, 15) is 29.0 Å². The average Bonchev–Trinajstić information content (AvgIpc) is 2.73. The van der Waals surface area contributed by atoms with Crippen LogP contribution in [0.2, 0.25) is 0 Å². The number of nitrogens with one attached hydrogen (secondary N) is 2. The molecule has 0 saturated heterocycles. The molecule has 2 amide bonds. The van der Waals surface area contributed by atoms with E-state index in [4.69, 9.17) is 9.47 Å². The molecule has 0 saturated carbocycles. The van der Waals surface area contributed by atoms with E-state index >= 15 is 0 Å². The minimum absolute atomic E-state index is 0.0928. The van der Waals surface area contributed by atoms with Crippen molar-refractivity contribution >= 4 is 23.7 Å². The predicted octanol–water partition coefficient (Wildman–Crippen LogP) is 2.47. The zero-order valence-corrected chi connectivity index (χ0v) is 18.3. The number of rotatable bonds is 11. The number of carboxylic acids is 1. The Morgan fingerprint density at radius 1 is 1.03 bits per heavy atom. The fourth-order valence-corrected chi connectivity index (χ4v) is 2.61. The number of aliphatic carboxylic acids is 1. The number of benzene rings is 2. The summed E-state index contributed by atoms with van der Waals surface area (Å²) in [5.41, 5.74) is 0.697. The fraction of sp³-hybridized carbons (Fsp3) is 0.348. The van der Waals surface area contributed by atoms with E-state index in [-0.39, 0.29) is 38.0 Å². The molecular formula is C23H27FN2O7. The number of carbonyl (C=O) groups excluding carboxylic acids is 2. The molecule has 178 valence electrons. The number of halogens is 1. The van der Waals surface area contributed by atoms with Crippen LogP contribution in [0.1, 0.15) is 25.0 Å². The van der Waals surface area contributed by atoms with E-state index in [1.54, 1.807) is 24.3 Å². The third-order valence-corrected chi connectivity index (χ3v) is 4.22. The van der Waals surface area contributed by atoms with Crippen molar-refractivity contribution in [2.75, 3.05) is 18.5 Å². The summed E-state index contributed by atoms with van der Waals surface area (Å²) in [6, 6.07) is 10.9. The minimum atomic E-state index is -1.33. The molecule has 2 aromatic rings. The minimum Gasteiger partial charge on any atom is -0.480 e. The van der Waals surface area contributed by atoms with Crippen LogP contribution < -0.4 is 10.6 Å². The lowest BCUT2D eigenvalue weighted by molar-refractivity contribution is -0.141. The molecule has 1 atom stereocenters. The van der Waals surface area contributed by atoms with E-state index in [2.05, 4.69) is 10.6 Å². The molecule has 10 heteroatoms. The number of carbonyl (C=O) groups is 3. The smallest absolute Gasteiger partial charge is 0.408 e. The van der Waals surface area contributed by atoms with Gasteiger partial charge in [-0.15, -0.1) is 0 Å². The lowest BCUT2D eigenvalue weighted by Crippen LogP contribution is -2.45. The van der Waals surface area contributed by atoms with Crippen LogP contribution in [0.5, 0.6) is 0 Å². The number of carboxylic acid groups (broad SMARTS) is 1. The largest absolute Gasteiger partial charge is 0.480 e. The maximum atomic E-state index is 12.9. The third-order valence-electron chi connectivity index (χ3n) is 4.22. The van der Waals surface area contributed by atoms with Gasteiger partial charge in [0.2, 0.25) is 5.91 Å². The monoisotopic (exact) mass is 462 g/mol. The van der Waals surface area contributed by atoms with Gasteiger partial charge in [-0.3, -0.25) is 4.79 Å². The molecule has 0 aliphatic carbocycles. The van der Waals surface area contributed by atoms with Crippen LogP contribution in [0, 0.1) is 5.82 Å². The fourth-order valence-electron chi connectivity index (χ4n) is 2.61. The van der Waals surface area contributed by atoms with Crippen LogP contribution >= 0.6 is 0 Å². The summed E-state index contributed by atoms with van der Waals surface area (Å²) in [5.74, 6) is -1.94. The number of ether oxygens (including phenoxy) is 2. The highest BCUT2D eigenvalue weighted by Crippen LogP contribution is 2.12. The lowest BCUT2D eigenvalue weighted by Gasteiger charge is -2.19. The van der Waals surface area contributed by atoms with Crippen LogP contribution in [-0.4, -0.2) is 53.0 Å². The van der Waals surface area contributed by atoms with E-state index in [0.29, 0.717) is 16.8 Å². The molecule has 33 heavy (non-hydrogen) atoms. The molecule has 0 bridgehead atoms. The molecule has 9 nitrogen and oxygen atoms in total. The molecule has 0 unspecified atom stereocenters. The summed E-state index contributed by atoms with van der Waals surface area (Å²) in [4.78, 5) is 35.3. The van der Waals surface area contributed by atoms with Crippen LogP contribution in [0.15, 0.2) is 48.5 Å². The van der Waals surface area contributed by atoms with Gasteiger partial charge in [-0.1, -0.05) is 24.3 Å². The van der Waals surface area contributed by atoms with Crippen molar-refractivity contribution in [1.29, 1.82) is 0 Å². The lowest BCUT2D eigenvalue weighted by atomic mass is 10.1. The number of hydrogen-bond donors (Lipinski definition) is 4. The topological polar surface area (TPSA) is 134 Å². The molecule has 0 aromatic heterocycles. The van der Waals surface area contributed by atoms with Crippen LogP contribution in [0.4, 0.5) is 14.9 Å². The van der Waals surface area contributed by atoms with Crippen molar-refractivity contribution in [2.24, 2.45) is 0 Å². The van der Waals surface area contributed by atoms with Gasteiger partial charge in [0.25, 0.3) is 0 Å². The number of alkyl carbamates (subject to hydrolysis) is 1. The van der Waals surface area contributed by atoms with Gasteiger partial charge in [-0.2, -0.15) is 0 Å². The SMILES string of the molecule is CC(C)(O)COC[C@H](NC(=O)OCc1ccc(NC(=O)Cc2ccc(F)cc2)cc1)C(=O)O. The predicted molar refractivity (Wildman–Crippen MR) is 117 cm³/mol. The Morgan fingerprint density at radius 3 is 2.21 bits per heavy atom. The second kappa shape index (κ2) is 11.9. The van der Waals surface area contributed by atoms with Gasteiger partial charge >= 0.3 is 12.1 Å². The normalized spacial score (nSPS) is 12.0. The summed E-state index contributed by atoms with van der Waals surface area (Å²) in [6.45, 7) is 2.47. The van der Waals surface area contributed by atoms with Crippen molar-refractivity contribution < 1.29 is 38.5 Å². The van der Waals surface area contributed by atoms with Gasteiger partial charge in [-0.05, 0) is 49.2 Å². The first-order chi connectivity index (χ1) is 15.5. The standard InChI is InChI=1S/C23H27FN2O7/c1-23(2,31)14-32-13-19(21(28)29)26-22(30)33-12-16-5-9-18(10-6-16)25-20(27)11-15-3-7-17(24)8-4-15/h3-10,19,31H,11-14H2,1-2H3,(H,25,27)(H,26,30)(H,28,29)/t19-/m0/s1. The average molecular weight is 462 g/mol. The highest BCUT2D eigenvalue weighted by atomic mass is 19.1. The Kier molecular flexibility index (Phi) is 9.31. The summed E-state index contributed by atoms with van der Waals surface area (Å²) in [5, 5.41) is 23.7. The molecular weight excluding hydrogens is 435 g/mol. The Labute approximate surface area is 190 Å². The molecule has 0 spiro atoms. The van der Waals surface area contributed by atoms with E-state index < -0.39 is 23.7 Å². The first-order valence-corrected chi connectivity index (χ1v) is 10.1. The van der Waals surface area contributed by atoms with Crippen LogP contribution in [-0.2, 0) is 32.1 Å². The van der Waals surface area contributed by atoms with Gasteiger partial charge in [-0.25, -0.2) is 14.0 Å². The summed E-state index contributed by atoms with van der Waals surface area (Å²) >= 11 is 0. The van der Waals surface area contributed by atoms with Crippen molar-refractivity contribution in [3.05, 3.63) is 65.5 Å². The third kappa shape index (κ3) is 10.1.